The zero-order valence-electron chi connectivity index (χ0n) is 15.9. The summed E-state index contributed by atoms with van der Waals surface area (Å²) in [7, 11) is -3.70. The first-order valence-corrected chi connectivity index (χ1v) is 10.3. The first-order valence-electron chi connectivity index (χ1n) is 8.79. The largest absolute Gasteiger partial charge is 0.491 e. The van der Waals surface area contributed by atoms with Crippen LogP contribution in [0.4, 0.5) is 17.3 Å². The van der Waals surface area contributed by atoms with Crippen molar-refractivity contribution in [3.8, 4) is 5.75 Å². The molecular formula is C20H22N4O3S. The summed E-state index contributed by atoms with van der Waals surface area (Å²) < 4.78 is 32.8. The molecule has 0 spiro atoms. The van der Waals surface area contributed by atoms with Gasteiger partial charge in [-0.3, -0.25) is 4.72 Å². The summed E-state index contributed by atoms with van der Waals surface area (Å²) in [5.74, 6) is 1.43. The van der Waals surface area contributed by atoms with Gasteiger partial charge in [-0.2, -0.15) is 0 Å². The molecule has 0 unspecified atom stereocenters. The number of nitrogens with zero attached hydrogens (tertiary/aromatic N) is 2. The van der Waals surface area contributed by atoms with E-state index < -0.39 is 10.0 Å². The highest BCUT2D eigenvalue weighted by molar-refractivity contribution is 7.92. The average Bonchev–Trinajstić information content (AvgIpc) is 2.65. The summed E-state index contributed by atoms with van der Waals surface area (Å²) in [4.78, 5) is 0.172. The Balaban J connectivity index is 1.65. The van der Waals surface area contributed by atoms with Crippen LogP contribution in [0.3, 0.4) is 0 Å². The lowest BCUT2D eigenvalue weighted by atomic mass is 10.2. The number of rotatable bonds is 7. The van der Waals surface area contributed by atoms with Gasteiger partial charge in [-0.05, 0) is 69.3 Å². The van der Waals surface area contributed by atoms with Crippen LogP contribution in [0.1, 0.15) is 19.4 Å². The van der Waals surface area contributed by atoms with Gasteiger partial charge in [0.05, 0.1) is 11.0 Å². The molecule has 0 aliphatic heterocycles. The lowest BCUT2D eigenvalue weighted by Gasteiger charge is -2.11. The Kier molecular flexibility index (Phi) is 5.79. The van der Waals surface area contributed by atoms with Crippen LogP contribution in [-0.4, -0.2) is 24.7 Å². The zero-order valence-corrected chi connectivity index (χ0v) is 16.7. The molecule has 2 aromatic carbocycles. The van der Waals surface area contributed by atoms with Crippen LogP contribution in [-0.2, 0) is 10.0 Å². The third kappa shape index (κ3) is 5.20. The van der Waals surface area contributed by atoms with E-state index in [1.807, 2.05) is 45.0 Å². The van der Waals surface area contributed by atoms with Gasteiger partial charge >= 0.3 is 0 Å². The summed E-state index contributed by atoms with van der Waals surface area (Å²) in [5, 5.41) is 11.1. The number of nitrogens with one attached hydrogen (secondary N) is 2. The van der Waals surface area contributed by atoms with Gasteiger partial charge in [0.2, 0.25) is 0 Å². The molecule has 0 saturated carbocycles. The fourth-order valence-corrected chi connectivity index (χ4v) is 3.40. The molecule has 7 nitrogen and oxygen atoms in total. The second-order valence-corrected chi connectivity index (χ2v) is 8.22. The number of anilines is 3. The molecule has 146 valence electrons. The molecule has 1 aromatic heterocycles. The third-order valence-electron chi connectivity index (χ3n) is 3.73. The van der Waals surface area contributed by atoms with Crippen molar-refractivity contribution in [2.24, 2.45) is 0 Å². The van der Waals surface area contributed by atoms with Crippen LogP contribution in [0.25, 0.3) is 0 Å². The minimum atomic E-state index is -3.70. The van der Waals surface area contributed by atoms with Gasteiger partial charge < -0.3 is 10.1 Å². The maximum Gasteiger partial charge on any atom is 0.263 e. The summed E-state index contributed by atoms with van der Waals surface area (Å²) in [6.07, 6.45) is 0.112. The summed E-state index contributed by atoms with van der Waals surface area (Å²) in [6, 6.07) is 17.2. The fourth-order valence-electron chi connectivity index (χ4n) is 2.40. The molecule has 8 heteroatoms. The predicted molar refractivity (Wildman–Crippen MR) is 110 cm³/mol. The number of aromatic nitrogens is 2. The van der Waals surface area contributed by atoms with Crippen LogP contribution in [0.2, 0.25) is 0 Å². The normalized spacial score (nSPS) is 11.3. The summed E-state index contributed by atoms with van der Waals surface area (Å²) >= 11 is 0. The number of sulfonamides is 1. The molecule has 0 fully saturated rings. The Hall–Kier alpha value is -3.13. The number of ether oxygens (including phenoxy) is 1. The van der Waals surface area contributed by atoms with Crippen molar-refractivity contribution in [1.29, 1.82) is 0 Å². The summed E-state index contributed by atoms with van der Waals surface area (Å²) in [6.45, 7) is 5.83. The van der Waals surface area contributed by atoms with Gasteiger partial charge in [0.25, 0.3) is 10.0 Å². The van der Waals surface area contributed by atoms with Crippen LogP contribution in [0.5, 0.6) is 5.75 Å². The highest BCUT2D eigenvalue weighted by Crippen LogP contribution is 2.20. The van der Waals surface area contributed by atoms with E-state index in [2.05, 4.69) is 20.2 Å². The van der Waals surface area contributed by atoms with Crippen molar-refractivity contribution in [3.05, 3.63) is 66.2 Å². The van der Waals surface area contributed by atoms with Gasteiger partial charge in [0.15, 0.2) is 11.6 Å². The maximum absolute atomic E-state index is 12.4. The van der Waals surface area contributed by atoms with Crippen LogP contribution in [0, 0.1) is 6.92 Å². The number of benzene rings is 2. The molecule has 0 bridgehead atoms. The van der Waals surface area contributed by atoms with E-state index in [1.165, 1.54) is 0 Å². The first-order chi connectivity index (χ1) is 13.3. The summed E-state index contributed by atoms with van der Waals surface area (Å²) in [5.41, 5.74) is 1.80. The molecule has 2 N–H and O–H groups in total. The molecule has 0 saturated heterocycles. The van der Waals surface area contributed by atoms with Crippen molar-refractivity contribution >= 4 is 27.3 Å². The van der Waals surface area contributed by atoms with Crippen molar-refractivity contribution in [1.82, 2.24) is 10.2 Å². The second kappa shape index (κ2) is 8.26. The zero-order chi connectivity index (χ0) is 20.1. The number of aryl methyl sites for hydroxylation is 1. The molecule has 0 atom stereocenters. The molecule has 3 aromatic rings. The van der Waals surface area contributed by atoms with Gasteiger partial charge in [0.1, 0.15) is 5.75 Å². The van der Waals surface area contributed by atoms with Gasteiger partial charge in [-0.25, -0.2) is 8.42 Å². The van der Waals surface area contributed by atoms with Gasteiger partial charge in [-0.15, -0.1) is 10.2 Å². The van der Waals surface area contributed by atoms with E-state index in [1.54, 1.807) is 36.4 Å². The molecule has 0 aliphatic rings. The van der Waals surface area contributed by atoms with Crippen molar-refractivity contribution in [2.75, 3.05) is 10.0 Å². The standard InChI is InChI=1S/C20H22N4O3S/c1-14(2)27-17-8-6-16(7-9-17)21-19-12-13-20(23-22-19)24-28(25,26)18-10-4-15(3)5-11-18/h4-14H,1-3H3,(H,21,22)(H,23,24). The smallest absolute Gasteiger partial charge is 0.263 e. The predicted octanol–water partition coefficient (Wildman–Crippen LogP) is 4.12. The molecule has 3 rings (SSSR count). The molecule has 0 radical (unpaired) electrons. The van der Waals surface area contributed by atoms with Gasteiger partial charge in [0, 0.05) is 5.69 Å². The lowest BCUT2D eigenvalue weighted by molar-refractivity contribution is 0.242. The van der Waals surface area contributed by atoms with Crippen LogP contribution >= 0.6 is 0 Å². The second-order valence-electron chi connectivity index (χ2n) is 6.54. The topological polar surface area (TPSA) is 93.2 Å². The van der Waals surface area contributed by atoms with Crippen molar-refractivity contribution in [2.45, 2.75) is 31.8 Å². The molecule has 1 heterocycles. The monoisotopic (exact) mass is 398 g/mol. The Labute approximate surface area is 164 Å². The van der Waals surface area contributed by atoms with E-state index >= 15 is 0 Å². The van der Waals surface area contributed by atoms with Crippen LogP contribution in [0.15, 0.2) is 65.6 Å². The lowest BCUT2D eigenvalue weighted by Crippen LogP contribution is -2.14. The fraction of sp³-hybridized carbons (Fsp3) is 0.200. The third-order valence-corrected chi connectivity index (χ3v) is 5.10. The molecule has 28 heavy (non-hydrogen) atoms. The quantitative estimate of drug-likeness (QED) is 0.622. The van der Waals surface area contributed by atoms with Gasteiger partial charge in [-0.1, -0.05) is 17.7 Å². The first kappa shape index (κ1) is 19.6. The van der Waals surface area contributed by atoms with Crippen molar-refractivity contribution < 1.29 is 13.2 Å². The molecule has 0 amide bonds. The molecule has 0 aliphatic carbocycles. The van der Waals surface area contributed by atoms with E-state index in [9.17, 15) is 8.42 Å². The Morgan fingerprint density at radius 2 is 1.46 bits per heavy atom. The Morgan fingerprint density at radius 1 is 0.857 bits per heavy atom. The molecular weight excluding hydrogens is 376 g/mol. The minimum absolute atomic E-state index is 0.112. The highest BCUT2D eigenvalue weighted by atomic mass is 32.2. The average molecular weight is 398 g/mol. The number of hydrogen-bond acceptors (Lipinski definition) is 6. The Bertz CT molecular complexity index is 1020. The van der Waals surface area contributed by atoms with E-state index in [0.29, 0.717) is 5.82 Å². The van der Waals surface area contributed by atoms with Crippen molar-refractivity contribution in [3.63, 3.8) is 0 Å². The van der Waals surface area contributed by atoms with E-state index in [-0.39, 0.29) is 16.8 Å². The SMILES string of the molecule is Cc1ccc(S(=O)(=O)Nc2ccc(Nc3ccc(OC(C)C)cc3)nn2)cc1. The minimum Gasteiger partial charge on any atom is -0.491 e. The Morgan fingerprint density at radius 3 is 2.04 bits per heavy atom. The number of hydrogen-bond donors (Lipinski definition) is 2. The van der Waals surface area contributed by atoms with E-state index in [4.69, 9.17) is 4.74 Å². The van der Waals surface area contributed by atoms with Crippen LogP contribution < -0.4 is 14.8 Å². The maximum atomic E-state index is 12.4. The van der Waals surface area contributed by atoms with E-state index in [0.717, 1.165) is 17.0 Å². The highest BCUT2D eigenvalue weighted by Gasteiger charge is 2.14.